The lowest BCUT2D eigenvalue weighted by Gasteiger charge is -2.10. The summed E-state index contributed by atoms with van der Waals surface area (Å²) in [4.78, 5) is 13.2. The zero-order valence-electron chi connectivity index (χ0n) is 11.5. The molecule has 0 saturated heterocycles. The summed E-state index contributed by atoms with van der Waals surface area (Å²) in [5, 5.41) is 0. The minimum absolute atomic E-state index is 0.332. The van der Waals surface area contributed by atoms with Crippen molar-refractivity contribution in [1.82, 2.24) is 19.5 Å². The van der Waals surface area contributed by atoms with Gasteiger partial charge < -0.3 is 9.30 Å². The molecule has 5 nitrogen and oxygen atoms in total. The van der Waals surface area contributed by atoms with Crippen molar-refractivity contribution in [2.45, 2.75) is 46.6 Å². The number of ether oxygens (including phenoxy) is 1. The summed E-state index contributed by atoms with van der Waals surface area (Å²) < 4.78 is 7.78. The van der Waals surface area contributed by atoms with Gasteiger partial charge in [-0.15, -0.1) is 0 Å². The topological polar surface area (TPSA) is 52.8 Å². The average Bonchev–Trinajstić information content (AvgIpc) is 2.75. The molecule has 0 N–H and O–H groups in total. The minimum atomic E-state index is 0.332. The van der Waals surface area contributed by atoms with Crippen molar-refractivity contribution in [2.24, 2.45) is 0 Å². The summed E-state index contributed by atoms with van der Waals surface area (Å²) in [6.45, 7) is 9.09. The van der Waals surface area contributed by atoms with Crippen molar-refractivity contribution in [3.8, 4) is 5.88 Å². The highest BCUT2D eigenvalue weighted by Crippen LogP contribution is 2.25. The van der Waals surface area contributed by atoms with E-state index < -0.39 is 0 Å². The van der Waals surface area contributed by atoms with Gasteiger partial charge in [-0.1, -0.05) is 13.8 Å². The van der Waals surface area contributed by atoms with Crippen LogP contribution in [0.3, 0.4) is 0 Å². The van der Waals surface area contributed by atoms with E-state index in [4.69, 9.17) is 4.74 Å². The third-order valence-corrected chi connectivity index (χ3v) is 2.79. The molecule has 0 fully saturated rings. The van der Waals surface area contributed by atoms with Crippen LogP contribution in [0.5, 0.6) is 5.88 Å². The molecule has 0 radical (unpaired) electrons. The maximum absolute atomic E-state index is 5.63. The van der Waals surface area contributed by atoms with Crippen molar-refractivity contribution in [2.75, 3.05) is 6.61 Å². The third kappa shape index (κ3) is 2.17. The van der Waals surface area contributed by atoms with Crippen LogP contribution in [0.25, 0.3) is 11.2 Å². The van der Waals surface area contributed by atoms with Crippen LogP contribution in [0.1, 0.15) is 46.0 Å². The fraction of sp³-hybridized carbons (Fsp3) is 0.615. The first-order valence-electron chi connectivity index (χ1n) is 6.53. The third-order valence-electron chi connectivity index (χ3n) is 2.79. The van der Waals surface area contributed by atoms with E-state index in [-0.39, 0.29) is 0 Å². The summed E-state index contributed by atoms with van der Waals surface area (Å²) in [5.41, 5.74) is 1.64. The van der Waals surface area contributed by atoms with Crippen molar-refractivity contribution in [3.05, 3.63) is 12.2 Å². The molecule has 2 heterocycles. The first kappa shape index (κ1) is 12.8. The van der Waals surface area contributed by atoms with E-state index in [1.165, 1.54) is 0 Å². The Morgan fingerprint density at radius 3 is 2.67 bits per heavy atom. The molecule has 0 aliphatic rings. The SMILES string of the molecule is CCCOc1ncnc2c1nc(CC)n2C(C)C. The Balaban J connectivity index is 2.57. The van der Waals surface area contributed by atoms with E-state index in [0.29, 0.717) is 18.5 Å². The van der Waals surface area contributed by atoms with E-state index >= 15 is 0 Å². The molecular weight excluding hydrogens is 228 g/mol. The highest BCUT2D eigenvalue weighted by atomic mass is 16.5. The van der Waals surface area contributed by atoms with Gasteiger partial charge in [0.1, 0.15) is 12.2 Å². The quantitative estimate of drug-likeness (QED) is 0.816. The normalized spacial score (nSPS) is 11.4. The molecule has 98 valence electrons. The summed E-state index contributed by atoms with van der Waals surface area (Å²) in [5.74, 6) is 1.62. The molecule has 18 heavy (non-hydrogen) atoms. The molecular formula is C13H20N4O. The Hall–Kier alpha value is -1.65. The summed E-state index contributed by atoms with van der Waals surface area (Å²) >= 11 is 0. The molecule has 0 aliphatic heterocycles. The molecule has 0 bridgehead atoms. The first-order valence-corrected chi connectivity index (χ1v) is 6.53. The van der Waals surface area contributed by atoms with Crippen molar-refractivity contribution < 1.29 is 4.74 Å². The number of aryl methyl sites for hydroxylation is 1. The fourth-order valence-corrected chi connectivity index (χ4v) is 2.03. The number of rotatable bonds is 5. The lowest BCUT2D eigenvalue weighted by molar-refractivity contribution is 0.308. The average molecular weight is 248 g/mol. The van der Waals surface area contributed by atoms with Gasteiger partial charge in [-0.05, 0) is 20.3 Å². The molecule has 2 aromatic rings. The van der Waals surface area contributed by atoms with Gasteiger partial charge in [0.25, 0.3) is 0 Å². The van der Waals surface area contributed by atoms with Crippen molar-refractivity contribution in [1.29, 1.82) is 0 Å². The maximum atomic E-state index is 5.63. The second-order valence-electron chi connectivity index (χ2n) is 4.54. The number of nitrogens with zero attached hydrogens (tertiary/aromatic N) is 4. The first-order chi connectivity index (χ1) is 8.69. The van der Waals surface area contributed by atoms with Gasteiger partial charge in [0.15, 0.2) is 11.2 Å². The summed E-state index contributed by atoms with van der Waals surface area (Å²) in [6.07, 6.45) is 3.38. The van der Waals surface area contributed by atoms with Crippen LogP contribution >= 0.6 is 0 Å². The molecule has 0 saturated carbocycles. The number of hydrogen-bond donors (Lipinski definition) is 0. The predicted octanol–water partition coefficient (Wildman–Crippen LogP) is 2.76. The predicted molar refractivity (Wildman–Crippen MR) is 70.9 cm³/mol. The van der Waals surface area contributed by atoms with Gasteiger partial charge in [0.05, 0.1) is 6.61 Å². The molecule has 0 unspecified atom stereocenters. The Morgan fingerprint density at radius 1 is 1.28 bits per heavy atom. The summed E-state index contributed by atoms with van der Waals surface area (Å²) in [7, 11) is 0. The highest BCUT2D eigenvalue weighted by Gasteiger charge is 2.17. The van der Waals surface area contributed by atoms with E-state index in [2.05, 4.69) is 47.2 Å². The molecule has 0 amide bonds. The van der Waals surface area contributed by atoms with Gasteiger partial charge in [-0.2, -0.15) is 4.98 Å². The van der Waals surface area contributed by atoms with Crippen LogP contribution in [-0.4, -0.2) is 26.1 Å². The Kier molecular flexibility index (Phi) is 3.79. The van der Waals surface area contributed by atoms with E-state index in [9.17, 15) is 0 Å². The molecule has 0 aromatic carbocycles. The number of aromatic nitrogens is 4. The maximum Gasteiger partial charge on any atom is 0.245 e. The molecule has 2 aromatic heterocycles. The van der Waals surface area contributed by atoms with E-state index in [1.807, 2.05) is 0 Å². The second kappa shape index (κ2) is 5.33. The monoisotopic (exact) mass is 248 g/mol. The Labute approximate surface area is 107 Å². The minimum Gasteiger partial charge on any atom is -0.476 e. The number of imidazole rings is 1. The van der Waals surface area contributed by atoms with E-state index in [0.717, 1.165) is 29.8 Å². The van der Waals surface area contributed by atoms with Crippen LogP contribution in [-0.2, 0) is 6.42 Å². The Bertz CT molecular complexity index is 533. The van der Waals surface area contributed by atoms with Crippen LogP contribution in [0.15, 0.2) is 6.33 Å². The smallest absolute Gasteiger partial charge is 0.245 e. The largest absolute Gasteiger partial charge is 0.476 e. The standard InChI is InChI=1S/C13H20N4O/c1-5-7-18-13-11-12(14-8-15-13)17(9(3)4)10(6-2)16-11/h8-9H,5-7H2,1-4H3. The number of fused-ring (bicyclic) bond motifs is 1. The molecule has 0 spiro atoms. The van der Waals surface area contributed by atoms with Gasteiger partial charge in [0.2, 0.25) is 5.88 Å². The van der Waals surface area contributed by atoms with Crippen LogP contribution in [0.4, 0.5) is 0 Å². The zero-order valence-corrected chi connectivity index (χ0v) is 11.5. The summed E-state index contributed by atoms with van der Waals surface area (Å²) in [6, 6.07) is 0.332. The van der Waals surface area contributed by atoms with Gasteiger partial charge in [0, 0.05) is 12.5 Å². The van der Waals surface area contributed by atoms with Gasteiger partial charge in [-0.3, -0.25) is 0 Å². The lowest BCUT2D eigenvalue weighted by atomic mass is 10.3. The molecule has 5 heteroatoms. The Morgan fingerprint density at radius 2 is 2.06 bits per heavy atom. The lowest BCUT2D eigenvalue weighted by Crippen LogP contribution is -2.06. The molecule has 0 aliphatic carbocycles. The molecule has 0 atom stereocenters. The van der Waals surface area contributed by atoms with Crippen LogP contribution < -0.4 is 4.74 Å². The highest BCUT2D eigenvalue weighted by molar-refractivity contribution is 5.76. The van der Waals surface area contributed by atoms with Crippen molar-refractivity contribution in [3.63, 3.8) is 0 Å². The van der Waals surface area contributed by atoms with E-state index in [1.54, 1.807) is 6.33 Å². The van der Waals surface area contributed by atoms with Crippen LogP contribution in [0, 0.1) is 0 Å². The second-order valence-corrected chi connectivity index (χ2v) is 4.54. The molecule has 2 rings (SSSR count). The van der Waals surface area contributed by atoms with Gasteiger partial charge >= 0.3 is 0 Å². The van der Waals surface area contributed by atoms with Crippen molar-refractivity contribution >= 4 is 11.2 Å². The number of hydrogen-bond acceptors (Lipinski definition) is 4. The van der Waals surface area contributed by atoms with Gasteiger partial charge in [-0.25, -0.2) is 9.97 Å². The zero-order chi connectivity index (χ0) is 13.1. The fourth-order valence-electron chi connectivity index (χ4n) is 2.03. The van der Waals surface area contributed by atoms with Crippen LogP contribution in [0.2, 0.25) is 0 Å².